The van der Waals surface area contributed by atoms with Crippen LogP contribution in [0.1, 0.15) is 16.7 Å². The molecule has 0 spiro atoms. The molecule has 0 aromatic heterocycles. The summed E-state index contributed by atoms with van der Waals surface area (Å²) >= 11 is 6.24. The van der Waals surface area contributed by atoms with Gasteiger partial charge in [0, 0.05) is 11.8 Å². The number of nitrogens with zero attached hydrogens (tertiary/aromatic N) is 1. The minimum Gasteiger partial charge on any atom is -0.350 e. The van der Waals surface area contributed by atoms with Crippen molar-refractivity contribution in [1.82, 2.24) is 0 Å². The Bertz CT molecular complexity index is 1270. The smallest absolute Gasteiger partial charge is 0.282 e. The fourth-order valence-corrected chi connectivity index (χ4v) is 3.60. The number of aryl methyl sites for hydroxylation is 2. The molecule has 0 unspecified atom stereocenters. The molecule has 7 heteroatoms. The van der Waals surface area contributed by atoms with E-state index in [-0.39, 0.29) is 27.7 Å². The zero-order chi connectivity index (χ0) is 22.3. The third-order valence-electron chi connectivity index (χ3n) is 5.16. The van der Waals surface area contributed by atoms with Gasteiger partial charge in [0.25, 0.3) is 11.8 Å². The van der Waals surface area contributed by atoms with E-state index in [1.54, 1.807) is 36.4 Å². The predicted molar refractivity (Wildman–Crippen MR) is 117 cm³/mol. The van der Waals surface area contributed by atoms with Gasteiger partial charge in [-0.25, -0.2) is 13.7 Å². The van der Waals surface area contributed by atoms with E-state index in [0.29, 0.717) is 5.56 Å². The maximum absolute atomic E-state index is 13.7. The van der Waals surface area contributed by atoms with Gasteiger partial charge in [0.1, 0.15) is 5.70 Å². The Labute approximate surface area is 182 Å². The molecule has 0 saturated carbocycles. The molecule has 4 rings (SSSR count). The molecular formula is C24H17ClF2N2O2. The number of anilines is 2. The van der Waals surface area contributed by atoms with E-state index in [1.165, 1.54) is 6.07 Å². The Hall–Kier alpha value is -3.51. The van der Waals surface area contributed by atoms with Gasteiger partial charge < -0.3 is 5.32 Å². The van der Waals surface area contributed by atoms with Crippen LogP contribution in [0.25, 0.3) is 5.57 Å². The number of carbonyl (C=O) groups excluding carboxylic acids is 2. The van der Waals surface area contributed by atoms with Crippen LogP contribution in [0.3, 0.4) is 0 Å². The van der Waals surface area contributed by atoms with Crippen LogP contribution in [0.5, 0.6) is 0 Å². The normalized spacial score (nSPS) is 13.9. The lowest BCUT2D eigenvalue weighted by Gasteiger charge is -2.16. The van der Waals surface area contributed by atoms with Crippen LogP contribution in [-0.4, -0.2) is 11.8 Å². The number of benzene rings is 3. The summed E-state index contributed by atoms with van der Waals surface area (Å²) in [6.07, 6.45) is 0. The van der Waals surface area contributed by atoms with Gasteiger partial charge in [-0.15, -0.1) is 0 Å². The first-order valence-electron chi connectivity index (χ1n) is 9.45. The van der Waals surface area contributed by atoms with Gasteiger partial charge in [-0.2, -0.15) is 0 Å². The fourth-order valence-electron chi connectivity index (χ4n) is 3.38. The minimum atomic E-state index is -1.07. The summed E-state index contributed by atoms with van der Waals surface area (Å²) in [5, 5.41) is 3.04. The maximum Gasteiger partial charge on any atom is 0.282 e. The fraction of sp³-hybridized carbons (Fsp3) is 0.0833. The number of rotatable bonds is 4. The second kappa shape index (κ2) is 7.96. The lowest BCUT2D eigenvalue weighted by Crippen LogP contribution is -2.32. The van der Waals surface area contributed by atoms with E-state index in [0.717, 1.165) is 28.2 Å². The molecule has 1 N–H and O–H groups in total. The summed E-state index contributed by atoms with van der Waals surface area (Å²) in [5.74, 6) is -3.29. The van der Waals surface area contributed by atoms with Gasteiger partial charge in [-0.3, -0.25) is 9.59 Å². The Kier molecular flexibility index (Phi) is 5.33. The lowest BCUT2D eigenvalue weighted by atomic mass is 9.99. The number of hydrogen-bond donors (Lipinski definition) is 1. The highest BCUT2D eigenvalue weighted by Gasteiger charge is 2.41. The van der Waals surface area contributed by atoms with Crippen molar-refractivity contribution >= 4 is 40.4 Å². The van der Waals surface area contributed by atoms with Gasteiger partial charge in [0.2, 0.25) is 0 Å². The van der Waals surface area contributed by atoms with Crippen LogP contribution in [0.4, 0.5) is 20.2 Å². The standard InChI is InChI=1S/C24H17ClF2N2O2/c1-13-7-8-15(11-14(13)2)21-22(28-16-9-10-18(26)19(27)12-16)24(31)29(23(21)30)20-6-4-3-5-17(20)25/h3-12,28H,1-2H3. The van der Waals surface area contributed by atoms with E-state index in [1.807, 2.05) is 19.9 Å². The number of para-hydroxylation sites is 1. The number of nitrogens with one attached hydrogen (secondary N) is 1. The van der Waals surface area contributed by atoms with Crippen LogP contribution in [-0.2, 0) is 9.59 Å². The predicted octanol–water partition coefficient (Wildman–Crippen LogP) is 5.63. The SMILES string of the molecule is Cc1ccc(C2=C(Nc3ccc(F)c(F)c3)C(=O)N(c3ccccc3Cl)C2=O)cc1C. The number of hydrogen-bond acceptors (Lipinski definition) is 3. The zero-order valence-corrected chi connectivity index (χ0v) is 17.4. The van der Waals surface area contributed by atoms with Crippen LogP contribution in [0.15, 0.2) is 66.4 Å². The van der Waals surface area contributed by atoms with E-state index >= 15 is 0 Å². The summed E-state index contributed by atoms with van der Waals surface area (Å²) in [4.78, 5) is 27.7. The molecule has 1 heterocycles. The highest BCUT2D eigenvalue weighted by atomic mass is 35.5. The monoisotopic (exact) mass is 438 g/mol. The largest absolute Gasteiger partial charge is 0.350 e. The van der Waals surface area contributed by atoms with E-state index < -0.39 is 23.4 Å². The summed E-state index contributed by atoms with van der Waals surface area (Å²) in [6, 6.07) is 15.1. The van der Waals surface area contributed by atoms with E-state index in [2.05, 4.69) is 5.32 Å². The number of halogens is 3. The first kappa shape index (κ1) is 20.8. The lowest BCUT2D eigenvalue weighted by molar-refractivity contribution is -0.120. The Morgan fingerprint density at radius 1 is 0.839 bits per heavy atom. The van der Waals surface area contributed by atoms with Crippen molar-refractivity contribution in [3.63, 3.8) is 0 Å². The van der Waals surface area contributed by atoms with Gasteiger partial charge in [0.15, 0.2) is 11.6 Å². The molecule has 0 aliphatic carbocycles. The molecule has 0 bridgehead atoms. The number of carbonyl (C=O) groups is 2. The van der Waals surface area contributed by atoms with Crippen LogP contribution < -0.4 is 10.2 Å². The second-order valence-corrected chi connectivity index (χ2v) is 7.61. The summed E-state index contributed by atoms with van der Waals surface area (Å²) in [5.41, 5.74) is 2.95. The molecule has 3 aromatic carbocycles. The first-order valence-corrected chi connectivity index (χ1v) is 9.83. The van der Waals surface area contributed by atoms with Gasteiger partial charge in [-0.05, 0) is 54.8 Å². The zero-order valence-electron chi connectivity index (χ0n) is 16.7. The van der Waals surface area contributed by atoms with Crippen molar-refractivity contribution < 1.29 is 18.4 Å². The minimum absolute atomic E-state index is 0.0424. The third kappa shape index (κ3) is 3.70. The molecule has 3 aromatic rings. The van der Waals surface area contributed by atoms with E-state index in [4.69, 9.17) is 11.6 Å². The molecule has 31 heavy (non-hydrogen) atoms. The number of amides is 2. The Morgan fingerprint density at radius 2 is 1.58 bits per heavy atom. The van der Waals surface area contributed by atoms with Gasteiger partial charge >= 0.3 is 0 Å². The molecule has 0 fully saturated rings. The highest BCUT2D eigenvalue weighted by molar-refractivity contribution is 6.48. The van der Waals surface area contributed by atoms with Crippen LogP contribution in [0, 0.1) is 25.5 Å². The molecular weight excluding hydrogens is 422 g/mol. The van der Waals surface area contributed by atoms with Crippen LogP contribution in [0.2, 0.25) is 5.02 Å². The van der Waals surface area contributed by atoms with Crippen molar-refractivity contribution in [1.29, 1.82) is 0 Å². The Morgan fingerprint density at radius 3 is 2.26 bits per heavy atom. The first-order chi connectivity index (χ1) is 14.8. The highest BCUT2D eigenvalue weighted by Crippen LogP contribution is 2.37. The van der Waals surface area contributed by atoms with Crippen molar-refractivity contribution in [2.75, 3.05) is 10.2 Å². The molecule has 1 aliphatic heterocycles. The van der Waals surface area contributed by atoms with Crippen molar-refractivity contribution in [3.8, 4) is 0 Å². The summed E-state index contributed by atoms with van der Waals surface area (Å²) in [6.45, 7) is 3.83. The molecule has 4 nitrogen and oxygen atoms in total. The number of imide groups is 1. The molecule has 1 aliphatic rings. The van der Waals surface area contributed by atoms with Gasteiger partial charge in [0.05, 0.1) is 16.3 Å². The molecule has 156 valence electrons. The van der Waals surface area contributed by atoms with Gasteiger partial charge in [-0.1, -0.05) is 41.9 Å². The van der Waals surface area contributed by atoms with Crippen molar-refractivity contribution in [2.45, 2.75) is 13.8 Å². The second-order valence-electron chi connectivity index (χ2n) is 7.20. The molecule has 0 atom stereocenters. The van der Waals surface area contributed by atoms with Crippen molar-refractivity contribution in [2.24, 2.45) is 0 Å². The molecule has 0 radical (unpaired) electrons. The quantitative estimate of drug-likeness (QED) is 0.537. The maximum atomic E-state index is 13.7. The average Bonchev–Trinajstić information content (AvgIpc) is 2.97. The Balaban J connectivity index is 1.87. The summed E-state index contributed by atoms with van der Waals surface area (Å²) in [7, 11) is 0. The van der Waals surface area contributed by atoms with Crippen molar-refractivity contribution in [3.05, 3.63) is 99.7 Å². The molecule has 2 amide bonds. The third-order valence-corrected chi connectivity index (χ3v) is 5.48. The average molecular weight is 439 g/mol. The van der Waals surface area contributed by atoms with E-state index in [9.17, 15) is 18.4 Å². The summed E-state index contributed by atoms with van der Waals surface area (Å²) < 4.78 is 27.1. The molecule has 0 saturated heterocycles. The topological polar surface area (TPSA) is 49.4 Å². The van der Waals surface area contributed by atoms with Crippen LogP contribution >= 0.6 is 11.6 Å².